The van der Waals surface area contributed by atoms with Crippen molar-refractivity contribution in [2.45, 2.75) is 109 Å². The van der Waals surface area contributed by atoms with Crippen LogP contribution >= 0.6 is 0 Å². The molecule has 4 nitrogen and oxygen atoms in total. The quantitative estimate of drug-likeness (QED) is 0.524. The molecule has 33 heavy (non-hydrogen) atoms. The molecule has 186 valence electrons. The third-order valence-electron chi connectivity index (χ3n) is 11.0. The van der Waals surface area contributed by atoms with Crippen molar-refractivity contribution in [3.05, 3.63) is 11.8 Å². The largest absolute Gasteiger partial charge is 0.390 e. The van der Waals surface area contributed by atoms with Crippen LogP contribution in [0.2, 0.25) is 19.6 Å². The number of methoxy groups -OCH3 is 1. The van der Waals surface area contributed by atoms with Crippen molar-refractivity contribution < 1.29 is 14.4 Å². The van der Waals surface area contributed by atoms with E-state index >= 15 is 0 Å². The predicted octanol–water partition coefficient (Wildman–Crippen LogP) is 6.11. The summed E-state index contributed by atoms with van der Waals surface area (Å²) in [5, 5.41) is 16.7. The van der Waals surface area contributed by atoms with Gasteiger partial charge in [0.05, 0.1) is 11.3 Å². The highest BCUT2D eigenvalue weighted by Crippen LogP contribution is 2.70. The van der Waals surface area contributed by atoms with Gasteiger partial charge in [0.15, 0.2) is 0 Å². The summed E-state index contributed by atoms with van der Waals surface area (Å²) in [6, 6.07) is 2.33. The van der Waals surface area contributed by atoms with Crippen LogP contribution in [-0.2, 0) is 4.74 Å². The van der Waals surface area contributed by atoms with Crippen LogP contribution in [0, 0.1) is 34.5 Å². The fraction of sp³-hybridized carbons (Fsp3) is 0.893. The third kappa shape index (κ3) is 3.89. The minimum atomic E-state index is -1.48. The molecule has 0 unspecified atom stereocenters. The Morgan fingerprint density at radius 2 is 1.85 bits per heavy atom. The van der Waals surface area contributed by atoms with Crippen LogP contribution in [0.3, 0.4) is 0 Å². The zero-order valence-corrected chi connectivity index (χ0v) is 23.0. The number of rotatable bonds is 5. The average molecular weight is 474 g/mol. The molecule has 4 fully saturated rings. The van der Waals surface area contributed by atoms with Crippen LogP contribution in [0.5, 0.6) is 0 Å². The molecule has 0 radical (unpaired) electrons. The molecule has 4 aliphatic carbocycles. The summed E-state index contributed by atoms with van der Waals surface area (Å²) in [6.07, 6.45) is 12.2. The first-order valence-corrected chi connectivity index (χ1v) is 17.2. The van der Waals surface area contributed by atoms with E-state index in [0.717, 1.165) is 42.6 Å². The molecule has 5 rings (SSSR count). The molecule has 0 aromatic carbocycles. The molecular weight excluding hydrogens is 426 g/mol. The SMILES string of the molecule is COCC[C@]12CC[C@@](C)(O)C[C@H]1CC[C@H]1[C@@H]3CC[C@H](c4cc([Si](C)(C)C)on4)[C@@]3(C)CC[C@@H]12. The highest BCUT2D eigenvalue weighted by Gasteiger charge is 2.62. The molecule has 0 amide bonds. The Hall–Kier alpha value is -0.653. The van der Waals surface area contributed by atoms with Crippen molar-refractivity contribution in [2.24, 2.45) is 34.5 Å². The van der Waals surface area contributed by atoms with Crippen LogP contribution < -0.4 is 5.38 Å². The predicted molar refractivity (Wildman–Crippen MR) is 135 cm³/mol. The number of aromatic nitrogens is 1. The first kappa shape index (κ1) is 24.1. The molecule has 4 saturated carbocycles. The molecule has 1 aromatic heterocycles. The lowest BCUT2D eigenvalue weighted by molar-refractivity contribution is -0.159. The van der Waals surface area contributed by atoms with Gasteiger partial charge in [-0.25, -0.2) is 0 Å². The molecule has 0 spiro atoms. The van der Waals surface area contributed by atoms with E-state index < -0.39 is 13.7 Å². The van der Waals surface area contributed by atoms with E-state index in [1.54, 1.807) is 0 Å². The van der Waals surface area contributed by atoms with Gasteiger partial charge in [-0.3, -0.25) is 0 Å². The molecule has 0 saturated heterocycles. The van der Waals surface area contributed by atoms with Crippen LogP contribution in [0.25, 0.3) is 0 Å². The molecule has 0 aliphatic heterocycles. The molecule has 8 atom stereocenters. The summed E-state index contributed by atoms with van der Waals surface area (Å²) in [6.45, 7) is 12.6. The van der Waals surface area contributed by atoms with Gasteiger partial charge in [-0.15, -0.1) is 0 Å². The molecule has 4 aliphatic rings. The minimum Gasteiger partial charge on any atom is -0.390 e. The van der Waals surface area contributed by atoms with E-state index in [1.807, 2.05) is 7.11 Å². The Kier molecular flexibility index (Phi) is 5.98. The van der Waals surface area contributed by atoms with Gasteiger partial charge < -0.3 is 14.4 Å². The van der Waals surface area contributed by atoms with Gasteiger partial charge >= 0.3 is 0 Å². The van der Waals surface area contributed by atoms with Crippen LogP contribution in [0.1, 0.15) is 89.7 Å². The minimum absolute atomic E-state index is 0.351. The normalized spacial score (nSPS) is 45.4. The van der Waals surface area contributed by atoms with E-state index in [4.69, 9.17) is 9.26 Å². The van der Waals surface area contributed by atoms with Gasteiger partial charge in [0, 0.05) is 19.6 Å². The zero-order valence-electron chi connectivity index (χ0n) is 22.0. The van der Waals surface area contributed by atoms with Gasteiger partial charge in [0.1, 0.15) is 13.5 Å². The lowest BCUT2D eigenvalue weighted by Crippen LogP contribution is -2.56. The second kappa shape index (κ2) is 8.20. The molecule has 5 heteroatoms. The standard InChI is InChI=1S/C28H47NO3Si/c1-26(30)13-14-28(15-16-31-3)19(18-26)7-8-20-21-9-10-23(27(21,2)12-11-22(20)28)24-17-25(32-29-24)33(4,5)6/h17,19-23,30H,7-16,18H2,1-6H3/t19-,20+,21+,22+,23-,26-,27+,28-/m1/s1. The molecule has 1 heterocycles. The van der Waals surface area contributed by atoms with Gasteiger partial charge in [-0.1, -0.05) is 31.7 Å². The highest BCUT2D eigenvalue weighted by atomic mass is 28.3. The van der Waals surface area contributed by atoms with Crippen molar-refractivity contribution in [2.75, 3.05) is 13.7 Å². The Balaban J connectivity index is 1.42. The fourth-order valence-corrected chi connectivity index (χ4v) is 10.2. The first-order chi connectivity index (χ1) is 15.5. The van der Waals surface area contributed by atoms with E-state index in [-0.39, 0.29) is 0 Å². The van der Waals surface area contributed by atoms with Crippen molar-refractivity contribution >= 4 is 13.5 Å². The van der Waals surface area contributed by atoms with E-state index in [1.165, 1.54) is 57.1 Å². The molecule has 1 N–H and O–H groups in total. The maximum absolute atomic E-state index is 10.9. The van der Waals surface area contributed by atoms with Gasteiger partial charge in [-0.2, -0.15) is 0 Å². The zero-order chi connectivity index (χ0) is 23.6. The summed E-state index contributed by atoms with van der Waals surface area (Å²) in [4.78, 5) is 0. The summed E-state index contributed by atoms with van der Waals surface area (Å²) < 4.78 is 11.6. The van der Waals surface area contributed by atoms with Crippen LogP contribution in [-0.4, -0.2) is 37.7 Å². The van der Waals surface area contributed by atoms with E-state index in [0.29, 0.717) is 22.7 Å². The molecular formula is C28H47NO3Si. The molecule has 0 bridgehead atoms. The van der Waals surface area contributed by atoms with Crippen molar-refractivity contribution in [1.82, 2.24) is 5.16 Å². The lowest BCUT2D eigenvalue weighted by atomic mass is 9.42. The number of fused-ring (bicyclic) bond motifs is 5. The third-order valence-corrected chi connectivity index (χ3v) is 12.8. The topological polar surface area (TPSA) is 55.5 Å². The summed E-state index contributed by atoms with van der Waals surface area (Å²) in [5.74, 6) is 3.64. The number of ether oxygens (including phenoxy) is 1. The number of hydrogen-bond donors (Lipinski definition) is 1. The number of hydrogen-bond acceptors (Lipinski definition) is 4. The monoisotopic (exact) mass is 473 g/mol. The Labute approximate surface area is 202 Å². The summed E-state index contributed by atoms with van der Waals surface area (Å²) in [5.41, 5.74) is 1.49. The fourth-order valence-electron chi connectivity index (χ4n) is 9.32. The number of aliphatic hydroxyl groups is 1. The smallest absolute Gasteiger partial charge is 0.127 e. The van der Waals surface area contributed by atoms with Gasteiger partial charge in [0.25, 0.3) is 0 Å². The van der Waals surface area contributed by atoms with Crippen LogP contribution in [0.15, 0.2) is 10.6 Å². The first-order valence-electron chi connectivity index (χ1n) is 13.7. The van der Waals surface area contributed by atoms with E-state index in [2.05, 4.69) is 44.7 Å². The number of nitrogens with zero attached hydrogens (tertiary/aromatic N) is 1. The summed E-state index contributed by atoms with van der Waals surface area (Å²) >= 11 is 0. The molecule has 1 aromatic rings. The second-order valence-corrected chi connectivity index (χ2v) is 18.9. The summed E-state index contributed by atoms with van der Waals surface area (Å²) in [7, 11) is 0.383. The lowest BCUT2D eigenvalue weighted by Gasteiger charge is -2.63. The van der Waals surface area contributed by atoms with Gasteiger partial charge in [-0.05, 0) is 112 Å². The average Bonchev–Trinajstić information content (AvgIpc) is 3.36. The van der Waals surface area contributed by atoms with Gasteiger partial charge in [0.2, 0.25) is 0 Å². The maximum Gasteiger partial charge on any atom is 0.127 e. The Morgan fingerprint density at radius 1 is 1.06 bits per heavy atom. The van der Waals surface area contributed by atoms with Crippen molar-refractivity contribution in [3.63, 3.8) is 0 Å². The maximum atomic E-state index is 10.9. The van der Waals surface area contributed by atoms with E-state index in [9.17, 15) is 5.11 Å². The Bertz CT molecular complexity index is 860. The van der Waals surface area contributed by atoms with Crippen molar-refractivity contribution in [3.8, 4) is 0 Å². The highest BCUT2D eigenvalue weighted by molar-refractivity contribution is 6.87. The van der Waals surface area contributed by atoms with Crippen LogP contribution in [0.4, 0.5) is 0 Å². The van der Waals surface area contributed by atoms with Crippen molar-refractivity contribution in [1.29, 1.82) is 0 Å². The second-order valence-electron chi connectivity index (χ2n) is 13.9. The Morgan fingerprint density at radius 3 is 2.55 bits per heavy atom.